The number of hydrogen-bond donors (Lipinski definition) is 0. The Bertz CT molecular complexity index is 621. The van der Waals surface area contributed by atoms with Gasteiger partial charge in [-0.05, 0) is 35.8 Å². The van der Waals surface area contributed by atoms with Crippen LogP contribution in [-0.4, -0.2) is 19.0 Å². The molecule has 0 aromatic heterocycles. The first-order chi connectivity index (χ1) is 13.7. The molecule has 3 aliphatic carbocycles. The Balaban J connectivity index is 0.000000227. The standard InChI is InChI=1S/2C10H16Si.C5H5.2ClH.Hf/c2*1-2-6-10(7-3-1)8-4-5-9-11-10;1-2-4-5-3-1;;;/h2*1-3,6H,4-5,7-9,11H2;1-3H,4H2;2*1H;/q;;;;;+2/p-2. The first-order valence-electron chi connectivity index (χ1n) is 11.5. The molecule has 0 amide bonds. The summed E-state index contributed by atoms with van der Waals surface area (Å²) in [5.41, 5.74) is 0. The molecule has 0 saturated carbocycles. The number of halogens is 2. The van der Waals surface area contributed by atoms with Crippen LogP contribution in [0.25, 0.3) is 0 Å². The molecule has 2 atom stereocenters. The molecular formula is C25H37Cl2HfSi2. The summed E-state index contributed by atoms with van der Waals surface area (Å²) >= 11 is 1.25. The van der Waals surface area contributed by atoms with Gasteiger partial charge >= 0.3 is 52.4 Å². The van der Waals surface area contributed by atoms with Gasteiger partial charge in [0.25, 0.3) is 0 Å². The number of allylic oxidation sites excluding steroid dienone is 12. The molecule has 0 nitrogen and oxygen atoms in total. The van der Waals surface area contributed by atoms with Crippen LogP contribution in [0.15, 0.2) is 70.2 Å². The first kappa shape index (κ1) is 28.4. The fourth-order valence-electron chi connectivity index (χ4n) is 5.12. The van der Waals surface area contributed by atoms with E-state index in [0.29, 0.717) is 0 Å². The average molecular weight is 643 g/mol. The van der Waals surface area contributed by atoms with E-state index in [1.807, 2.05) is 0 Å². The van der Waals surface area contributed by atoms with Gasteiger partial charge in [-0.2, -0.15) is 0 Å². The van der Waals surface area contributed by atoms with Crippen molar-refractivity contribution in [1.82, 2.24) is 0 Å². The van der Waals surface area contributed by atoms with E-state index in [1.165, 1.54) is 82.2 Å². The third kappa shape index (κ3) is 9.44. The van der Waals surface area contributed by atoms with Gasteiger partial charge in [-0.15, -0.1) is 0 Å². The second-order valence-electron chi connectivity index (χ2n) is 9.15. The quantitative estimate of drug-likeness (QED) is 0.333. The van der Waals surface area contributed by atoms with Crippen LogP contribution in [0.5, 0.6) is 0 Å². The van der Waals surface area contributed by atoms with E-state index in [9.17, 15) is 0 Å². The second kappa shape index (κ2) is 15.2. The van der Waals surface area contributed by atoms with Crippen LogP contribution >= 0.6 is 0 Å². The van der Waals surface area contributed by atoms with Crippen molar-refractivity contribution < 1.29 is 49.2 Å². The van der Waals surface area contributed by atoms with Crippen LogP contribution in [0.1, 0.15) is 57.8 Å². The molecule has 5 heteroatoms. The molecule has 2 heterocycles. The first-order valence-corrected chi connectivity index (χ1v) is 16.7. The Hall–Kier alpha value is 0.324. The van der Waals surface area contributed by atoms with Crippen molar-refractivity contribution in [3.05, 3.63) is 70.2 Å². The van der Waals surface area contributed by atoms with E-state index >= 15 is 0 Å². The zero-order chi connectivity index (χ0) is 19.5. The monoisotopic (exact) mass is 643 g/mol. The maximum absolute atomic E-state index is 2.50. The number of rotatable bonds is 0. The van der Waals surface area contributed by atoms with Gasteiger partial charge in [0.2, 0.25) is 0 Å². The third-order valence-corrected chi connectivity index (χ3v) is 13.7. The van der Waals surface area contributed by atoms with Crippen LogP contribution in [-0.2, 0) is 24.4 Å². The van der Waals surface area contributed by atoms with Gasteiger partial charge in [0.15, 0.2) is 0 Å². The normalized spacial score (nSPS) is 32.0. The molecule has 2 saturated heterocycles. The van der Waals surface area contributed by atoms with E-state index in [-0.39, 0.29) is 43.9 Å². The van der Waals surface area contributed by atoms with E-state index in [4.69, 9.17) is 0 Å². The molecule has 163 valence electrons. The van der Waals surface area contributed by atoms with Crippen molar-refractivity contribution in [2.24, 2.45) is 0 Å². The fourth-order valence-corrected chi connectivity index (χ4v) is 10.9. The maximum atomic E-state index is 2.50. The molecule has 0 radical (unpaired) electrons. The Morgan fingerprint density at radius 3 is 1.47 bits per heavy atom. The van der Waals surface area contributed by atoms with Crippen LogP contribution in [0.3, 0.4) is 0 Å². The van der Waals surface area contributed by atoms with Gasteiger partial charge in [0.05, 0.1) is 0 Å². The molecule has 0 aromatic rings. The topological polar surface area (TPSA) is 0 Å². The van der Waals surface area contributed by atoms with Gasteiger partial charge < -0.3 is 24.8 Å². The summed E-state index contributed by atoms with van der Waals surface area (Å²) in [7, 11) is 0.436. The Morgan fingerprint density at radius 2 is 1.20 bits per heavy atom. The van der Waals surface area contributed by atoms with Crippen LogP contribution < -0.4 is 24.8 Å². The average Bonchev–Trinajstić information content (AvgIpc) is 3.22. The van der Waals surface area contributed by atoms with Gasteiger partial charge in [0, 0.05) is 19.0 Å². The molecular weight excluding hydrogens is 606 g/mol. The summed E-state index contributed by atoms with van der Waals surface area (Å²) in [6, 6.07) is 3.16. The van der Waals surface area contributed by atoms with Crippen molar-refractivity contribution in [3.8, 4) is 0 Å². The van der Waals surface area contributed by atoms with Gasteiger partial charge in [-0.3, -0.25) is 0 Å². The Labute approximate surface area is 216 Å². The van der Waals surface area contributed by atoms with E-state index in [1.54, 1.807) is 15.4 Å². The summed E-state index contributed by atoms with van der Waals surface area (Å²) in [5.74, 6) is 0. The molecule has 0 N–H and O–H groups in total. The zero-order valence-electron chi connectivity index (χ0n) is 18.3. The fraction of sp³-hybridized carbons (Fsp3) is 0.520. The molecule has 2 spiro atoms. The molecule has 2 aliphatic heterocycles. The number of hydrogen-bond acceptors (Lipinski definition) is 0. The molecule has 0 aromatic carbocycles. The summed E-state index contributed by atoms with van der Waals surface area (Å²) in [4.78, 5) is 0. The minimum absolute atomic E-state index is 0. The second-order valence-corrected chi connectivity index (χ2v) is 16.7. The molecule has 2 unspecified atom stereocenters. The van der Waals surface area contributed by atoms with Crippen LogP contribution in [0.2, 0.25) is 22.2 Å². The third-order valence-electron chi connectivity index (χ3n) is 6.91. The van der Waals surface area contributed by atoms with Crippen molar-refractivity contribution in [1.29, 1.82) is 0 Å². The van der Waals surface area contributed by atoms with Gasteiger partial charge in [-0.25, -0.2) is 0 Å². The Kier molecular flexibility index (Phi) is 14.4. The van der Waals surface area contributed by atoms with Crippen LogP contribution in [0.4, 0.5) is 0 Å². The van der Waals surface area contributed by atoms with E-state index in [0.717, 1.165) is 10.1 Å². The summed E-state index contributed by atoms with van der Waals surface area (Å²) in [6.45, 7) is 0. The van der Waals surface area contributed by atoms with E-state index in [2.05, 4.69) is 66.8 Å². The molecule has 2 fully saturated rings. The van der Waals surface area contributed by atoms with Gasteiger partial charge in [-0.1, -0.05) is 86.4 Å². The summed E-state index contributed by atoms with van der Waals surface area (Å²) < 4.78 is 1.61. The van der Waals surface area contributed by atoms with Crippen LogP contribution in [0, 0.1) is 0 Å². The summed E-state index contributed by atoms with van der Waals surface area (Å²) in [5, 5.41) is 1.46. The molecule has 5 rings (SSSR count). The van der Waals surface area contributed by atoms with Gasteiger partial charge in [0.1, 0.15) is 0 Å². The molecule has 5 aliphatic rings. The predicted molar refractivity (Wildman–Crippen MR) is 127 cm³/mol. The van der Waals surface area contributed by atoms with Crippen molar-refractivity contribution in [2.75, 3.05) is 0 Å². The van der Waals surface area contributed by atoms with Crippen molar-refractivity contribution in [3.63, 3.8) is 0 Å². The molecule has 0 bridgehead atoms. The summed E-state index contributed by atoms with van der Waals surface area (Å²) in [6.07, 6.45) is 38.1. The minimum atomic E-state index is 0. The van der Waals surface area contributed by atoms with Crippen molar-refractivity contribution in [2.45, 2.75) is 80.0 Å². The van der Waals surface area contributed by atoms with E-state index < -0.39 is 0 Å². The SMILES string of the molecule is C1=CCC2(C=C1)CCCC[SiH2]2.C1=CCC2(C=C1)CCCC[SiH2]2.[Cl-].[Cl-].[Hf+2][C]1=CC=CC1. The molecule has 30 heavy (non-hydrogen) atoms. The predicted octanol–water partition coefficient (Wildman–Crippen LogP) is 0.249. The zero-order valence-corrected chi connectivity index (χ0v) is 26.2. The van der Waals surface area contributed by atoms with Crippen molar-refractivity contribution >= 4 is 19.0 Å². The Morgan fingerprint density at radius 1 is 0.667 bits per heavy atom.